The number of alkyl halides is 1. The lowest BCUT2D eigenvalue weighted by Gasteiger charge is -2.55. The first-order valence-electron chi connectivity index (χ1n) is 8.14. The van der Waals surface area contributed by atoms with E-state index in [9.17, 15) is 0 Å². The predicted molar refractivity (Wildman–Crippen MR) is 87.7 cm³/mol. The van der Waals surface area contributed by atoms with Crippen molar-refractivity contribution >= 4 is 15.9 Å². The zero-order valence-corrected chi connectivity index (χ0v) is 14.0. The van der Waals surface area contributed by atoms with E-state index < -0.39 is 0 Å². The molecule has 2 aliphatic carbocycles. The van der Waals surface area contributed by atoms with Gasteiger partial charge in [-0.2, -0.15) is 0 Å². The molecule has 0 aromatic heterocycles. The molecule has 0 bridgehead atoms. The molecule has 1 spiro atoms. The van der Waals surface area contributed by atoms with Gasteiger partial charge in [-0.05, 0) is 43.4 Å². The number of aryl methyl sites for hydroxylation is 1. The van der Waals surface area contributed by atoms with Crippen molar-refractivity contribution in [2.45, 2.75) is 69.2 Å². The molecule has 110 valence electrons. The Labute approximate surface area is 131 Å². The Morgan fingerprint density at radius 3 is 2.45 bits per heavy atom. The number of benzene rings is 1. The normalized spacial score (nSPS) is 28.1. The van der Waals surface area contributed by atoms with Crippen LogP contribution in [-0.4, -0.2) is 10.9 Å². The summed E-state index contributed by atoms with van der Waals surface area (Å²) in [6.07, 6.45) is 10.8. The molecule has 0 aliphatic heterocycles. The summed E-state index contributed by atoms with van der Waals surface area (Å²) in [4.78, 5) is 0.666. The van der Waals surface area contributed by atoms with Crippen LogP contribution in [0, 0.1) is 5.41 Å². The summed E-state index contributed by atoms with van der Waals surface area (Å²) in [7, 11) is 0. The molecule has 1 aromatic rings. The Morgan fingerprint density at radius 1 is 1.15 bits per heavy atom. The van der Waals surface area contributed by atoms with Crippen molar-refractivity contribution in [1.82, 2.24) is 0 Å². The van der Waals surface area contributed by atoms with E-state index in [0.717, 1.165) is 18.6 Å². The maximum absolute atomic E-state index is 6.32. The van der Waals surface area contributed by atoms with Crippen LogP contribution in [0.15, 0.2) is 24.3 Å². The summed E-state index contributed by atoms with van der Waals surface area (Å²) >= 11 is 3.88. The molecule has 20 heavy (non-hydrogen) atoms. The topological polar surface area (TPSA) is 9.23 Å². The fourth-order valence-corrected chi connectivity index (χ4v) is 4.99. The third kappa shape index (κ3) is 2.64. The van der Waals surface area contributed by atoms with Crippen molar-refractivity contribution in [2.75, 3.05) is 0 Å². The highest BCUT2D eigenvalue weighted by atomic mass is 79.9. The van der Waals surface area contributed by atoms with Crippen LogP contribution in [0.25, 0.3) is 0 Å². The molecule has 1 nitrogen and oxygen atoms in total. The molecule has 0 heterocycles. The summed E-state index contributed by atoms with van der Waals surface area (Å²) in [6.45, 7) is 2.22. The molecule has 2 heteroatoms. The van der Waals surface area contributed by atoms with Gasteiger partial charge in [0.05, 0.1) is 0 Å². The van der Waals surface area contributed by atoms with E-state index in [1.807, 2.05) is 0 Å². The van der Waals surface area contributed by atoms with Crippen LogP contribution in [0.3, 0.4) is 0 Å². The molecule has 0 N–H and O–H groups in total. The highest BCUT2D eigenvalue weighted by molar-refractivity contribution is 9.09. The lowest BCUT2D eigenvalue weighted by atomic mass is 9.58. The quantitative estimate of drug-likeness (QED) is 0.659. The Morgan fingerprint density at radius 2 is 1.85 bits per heavy atom. The fraction of sp³-hybridized carbons (Fsp3) is 0.667. The second-order valence-electron chi connectivity index (χ2n) is 6.50. The molecule has 1 aromatic carbocycles. The van der Waals surface area contributed by atoms with E-state index >= 15 is 0 Å². The summed E-state index contributed by atoms with van der Waals surface area (Å²) < 4.78 is 6.32. The molecular weight excluding hydrogens is 312 g/mol. The van der Waals surface area contributed by atoms with Gasteiger partial charge >= 0.3 is 0 Å². The van der Waals surface area contributed by atoms with Gasteiger partial charge in [-0.3, -0.25) is 0 Å². The lowest BCUT2D eigenvalue weighted by Crippen LogP contribution is -2.57. The maximum atomic E-state index is 6.32. The molecule has 2 saturated carbocycles. The van der Waals surface area contributed by atoms with Gasteiger partial charge in [0, 0.05) is 10.2 Å². The van der Waals surface area contributed by atoms with Crippen LogP contribution >= 0.6 is 15.9 Å². The maximum Gasteiger partial charge on any atom is 0.119 e. The summed E-state index contributed by atoms with van der Waals surface area (Å²) in [5, 5.41) is 0. The second-order valence-corrected chi connectivity index (χ2v) is 7.60. The molecule has 0 amide bonds. The van der Waals surface area contributed by atoms with Crippen LogP contribution in [0.5, 0.6) is 5.75 Å². The van der Waals surface area contributed by atoms with Gasteiger partial charge in [0.25, 0.3) is 0 Å². The zero-order valence-electron chi connectivity index (χ0n) is 12.4. The third-order valence-corrected chi connectivity index (χ3v) is 6.50. The molecule has 2 unspecified atom stereocenters. The number of ether oxygens (including phenoxy) is 1. The lowest BCUT2D eigenvalue weighted by molar-refractivity contribution is -0.0601. The van der Waals surface area contributed by atoms with Crippen LogP contribution in [0.2, 0.25) is 0 Å². The van der Waals surface area contributed by atoms with Crippen molar-refractivity contribution in [1.29, 1.82) is 0 Å². The van der Waals surface area contributed by atoms with Crippen molar-refractivity contribution < 1.29 is 4.74 Å². The Hall–Kier alpha value is -0.500. The van der Waals surface area contributed by atoms with Gasteiger partial charge in [-0.1, -0.05) is 60.7 Å². The monoisotopic (exact) mass is 336 g/mol. The van der Waals surface area contributed by atoms with E-state index in [-0.39, 0.29) is 0 Å². The minimum Gasteiger partial charge on any atom is -0.490 e. The molecular formula is C18H25BrO. The molecule has 2 aliphatic rings. The Kier molecular flexibility index (Phi) is 4.40. The number of halogens is 1. The number of hydrogen-bond acceptors (Lipinski definition) is 1. The molecule has 2 fully saturated rings. The highest BCUT2D eigenvalue weighted by Crippen LogP contribution is 2.56. The minimum absolute atomic E-state index is 0.417. The number of rotatable bonds is 4. The van der Waals surface area contributed by atoms with Gasteiger partial charge in [-0.25, -0.2) is 0 Å². The molecule has 3 rings (SSSR count). The van der Waals surface area contributed by atoms with Crippen molar-refractivity contribution in [3.63, 3.8) is 0 Å². The molecule has 0 radical (unpaired) electrons. The summed E-state index contributed by atoms with van der Waals surface area (Å²) in [5.41, 5.74) is 1.83. The SMILES string of the molecule is CCCc1ccc(OC2CC(Br)C23CCCCC3)cc1. The van der Waals surface area contributed by atoms with Crippen molar-refractivity contribution in [3.05, 3.63) is 29.8 Å². The van der Waals surface area contributed by atoms with E-state index in [1.54, 1.807) is 0 Å². The molecule has 2 atom stereocenters. The van der Waals surface area contributed by atoms with Crippen LogP contribution in [0.4, 0.5) is 0 Å². The zero-order chi connectivity index (χ0) is 14.0. The van der Waals surface area contributed by atoms with Gasteiger partial charge < -0.3 is 4.74 Å². The van der Waals surface area contributed by atoms with Gasteiger partial charge in [-0.15, -0.1) is 0 Å². The predicted octanol–water partition coefficient (Wildman–Crippen LogP) is 5.50. The Bertz CT molecular complexity index is 433. The average molecular weight is 337 g/mol. The van der Waals surface area contributed by atoms with Gasteiger partial charge in [0.15, 0.2) is 0 Å². The summed E-state index contributed by atoms with van der Waals surface area (Å²) in [6, 6.07) is 8.75. The largest absolute Gasteiger partial charge is 0.490 e. The first-order chi connectivity index (χ1) is 9.74. The average Bonchev–Trinajstić information content (AvgIpc) is 2.50. The highest BCUT2D eigenvalue weighted by Gasteiger charge is 2.55. The van der Waals surface area contributed by atoms with Crippen LogP contribution in [0.1, 0.15) is 57.4 Å². The second kappa shape index (κ2) is 6.09. The van der Waals surface area contributed by atoms with Gasteiger partial charge in [0.1, 0.15) is 11.9 Å². The summed E-state index contributed by atoms with van der Waals surface area (Å²) in [5.74, 6) is 1.05. The fourth-order valence-electron chi connectivity index (χ4n) is 3.90. The van der Waals surface area contributed by atoms with Crippen LogP contribution < -0.4 is 4.74 Å². The van der Waals surface area contributed by atoms with Crippen molar-refractivity contribution in [2.24, 2.45) is 5.41 Å². The smallest absolute Gasteiger partial charge is 0.119 e. The van der Waals surface area contributed by atoms with Gasteiger partial charge in [0.2, 0.25) is 0 Å². The van der Waals surface area contributed by atoms with Crippen LogP contribution in [-0.2, 0) is 6.42 Å². The number of hydrogen-bond donors (Lipinski definition) is 0. The van der Waals surface area contributed by atoms with E-state index in [2.05, 4.69) is 47.1 Å². The Balaban J connectivity index is 1.65. The molecule has 0 saturated heterocycles. The van der Waals surface area contributed by atoms with E-state index in [0.29, 0.717) is 16.3 Å². The van der Waals surface area contributed by atoms with E-state index in [4.69, 9.17) is 4.74 Å². The minimum atomic E-state index is 0.417. The van der Waals surface area contributed by atoms with E-state index in [1.165, 1.54) is 44.1 Å². The standard InChI is InChI=1S/C18H25BrO/c1-2-6-14-7-9-15(10-8-14)20-17-13-16(19)18(17)11-4-3-5-12-18/h7-10,16-17H,2-6,11-13H2,1H3. The third-order valence-electron chi connectivity index (χ3n) is 5.21. The first kappa shape index (κ1) is 14.4. The van der Waals surface area contributed by atoms with Crippen molar-refractivity contribution in [3.8, 4) is 5.75 Å². The first-order valence-corrected chi connectivity index (χ1v) is 9.06.